The molecule has 0 heterocycles. The van der Waals surface area contributed by atoms with E-state index >= 15 is 0 Å². The van der Waals surface area contributed by atoms with E-state index < -0.39 is 11.5 Å². The molecule has 4 nitrogen and oxygen atoms in total. The summed E-state index contributed by atoms with van der Waals surface area (Å²) < 4.78 is 0. The van der Waals surface area contributed by atoms with Gasteiger partial charge in [-0.3, -0.25) is 9.69 Å². The molecule has 4 heteroatoms. The van der Waals surface area contributed by atoms with Gasteiger partial charge in [0.1, 0.15) is 5.54 Å². The lowest BCUT2D eigenvalue weighted by Gasteiger charge is -2.33. The summed E-state index contributed by atoms with van der Waals surface area (Å²) in [7, 11) is 0. The largest absolute Gasteiger partial charge is 0.480 e. The molecule has 0 amide bonds. The van der Waals surface area contributed by atoms with Gasteiger partial charge in [-0.25, -0.2) is 0 Å². The first-order valence-corrected chi connectivity index (χ1v) is 6.16. The third-order valence-corrected chi connectivity index (χ3v) is 3.27. The number of hydrogen-bond acceptors (Lipinski definition) is 3. The van der Waals surface area contributed by atoms with Crippen LogP contribution >= 0.6 is 0 Å². The lowest BCUT2D eigenvalue weighted by atomic mass is 9.94. The van der Waals surface area contributed by atoms with Crippen LogP contribution in [0.15, 0.2) is 0 Å². The Labute approximate surface area is 97.8 Å². The molecule has 94 valence electrons. The molecule has 0 aliphatic heterocycles. The molecule has 1 fully saturated rings. The van der Waals surface area contributed by atoms with Crippen molar-refractivity contribution >= 4 is 5.97 Å². The number of aliphatic carboxylic acids is 1. The molecule has 0 radical (unpaired) electrons. The molecule has 2 atom stereocenters. The Bertz CT molecular complexity index is 249. The van der Waals surface area contributed by atoms with Crippen molar-refractivity contribution in [3.8, 4) is 0 Å². The van der Waals surface area contributed by atoms with Crippen LogP contribution in [0, 0.1) is 0 Å². The van der Waals surface area contributed by atoms with Crippen LogP contribution in [0.4, 0.5) is 0 Å². The highest BCUT2D eigenvalue weighted by atomic mass is 16.4. The summed E-state index contributed by atoms with van der Waals surface area (Å²) in [4.78, 5) is 13.4. The standard InChI is InChI=1S/C12H24N2O2/c1-4-7-14(10-5-6-10)9(2)8-12(3,13)11(15)16/h9-10H,4-8,13H2,1-3H3,(H,15,16). The molecule has 1 saturated carbocycles. The SMILES string of the molecule is CCCN(C(C)CC(C)(N)C(=O)O)C1CC1. The van der Waals surface area contributed by atoms with Crippen molar-refractivity contribution in [1.29, 1.82) is 0 Å². The third kappa shape index (κ3) is 3.46. The van der Waals surface area contributed by atoms with E-state index in [0.717, 1.165) is 13.0 Å². The maximum atomic E-state index is 11.0. The molecule has 0 bridgehead atoms. The molecule has 2 unspecified atom stereocenters. The third-order valence-electron chi connectivity index (χ3n) is 3.27. The van der Waals surface area contributed by atoms with E-state index in [1.165, 1.54) is 12.8 Å². The number of nitrogens with two attached hydrogens (primary N) is 1. The molecule has 0 aromatic rings. The van der Waals surface area contributed by atoms with Crippen molar-refractivity contribution in [3.63, 3.8) is 0 Å². The molecule has 3 N–H and O–H groups in total. The van der Waals surface area contributed by atoms with Crippen molar-refractivity contribution < 1.29 is 9.90 Å². The van der Waals surface area contributed by atoms with E-state index in [1.54, 1.807) is 6.92 Å². The number of rotatable bonds is 7. The smallest absolute Gasteiger partial charge is 0.323 e. The predicted molar refractivity (Wildman–Crippen MR) is 64.3 cm³/mol. The number of carboxylic acid groups (broad SMARTS) is 1. The normalized spacial score (nSPS) is 21.8. The van der Waals surface area contributed by atoms with E-state index in [0.29, 0.717) is 12.5 Å². The second-order valence-corrected chi connectivity index (χ2v) is 5.24. The summed E-state index contributed by atoms with van der Waals surface area (Å²) >= 11 is 0. The minimum atomic E-state index is -1.11. The monoisotopic (exact) mass is 228 g/mol. The molecule has 16 heavy (non-hydrogen) atoms. The first-order valence-electron chi connectivity index (χ1n) is 6.16. The summed E-state index contributed by atoms with van der Waals surface area (Å²) in [6, 6.07) is 0.915. The van der Waals surface area contributed by atoms with E-state index in [9.17, 15) is 4.79 Å². The van der Waals surface area contributed by atoms with Gasteiger partial charge in [0, 0.05) is 12.1 Å². The summed E-state index contributed by atoms with van der Waals surface area (Å²) in [6.45, 7) is 6.88. The average Bonchev–Trinajstić information content (AvgIpc) is 2.96. The fraction of sp³-hybridized carbons (Fsp3) is 0.917. The van der Waals surface area contributed by atoms with Gasteiger partial charge in [0.25, 0.3) is 0 Å². The molecule has 0 aromatic heterocycles. The van der Waals surface area contributed by atoms with Crippen LogP contribution in [0.2, 0.25) is 0 Å². The Hall–Kier alpha value is -0.610. The first-order chi connectivity index (χ1) is 7.38. The highest BCUT2D eigenvalue weighted by molar-refractivity contribution is 5.77. The number of carboxylic acids is 1. The molecule has 0 aromatic carbocycles. The van der Waals surface area contributed by atoms with E-state index in [4.69, 9.17) is 10.8 Å². The molecule has 0 saturated heterocycles. The number of carbonyl (C=O) groups is 1. The minimum Gasteiger partial charge on any atom is -0.480 e. The Kier molecular flexibility index (Phi) is 4.33. The van der Waals surface area contributed by atoms with Crippen LogP contribution in [0.1, 0.15) is 46.5 Å². The molecule has 1 aliphatic carbocycles. The van der Waals surface area contributed by atoms with Crippen LogP contribution in [0.3, 0.4) is 0 Å². The minimum absolute atomic E-state index is 0.249. The predicted octanol–water partition coefficient (Wildman–Crippen LogP) is 1.44. The molecule has 1 aliphatic rings. The van der Waals surface area contributed by atoms with Gasteiger partial charge >= 0.3 is 5.97 Å². The van der Waals surface area contributed by atoms with Crippen molar-refractivity contribution in [2.45, 2.75) is 64.1 Å². The number of hydrogen-bond donors (Lipinski definition) is 2. The fourth-order valence-electron chi connectivity index (χ4n) is 2.25. The lowest BCUT2D eigenvalue weighted by molar-refractivity contribution is -0.143. The molecule has 1 rings (SSSR count). The molecular weight excluding hydrogens is 204 g/mol. The Morgan fingerprint density at radius 1 is 1.62 bits per heavy atom. The topological polar surface area (TPSA) is 66.6 Å². The van der Waals surface area contributed by atoms with Crippen LogP contribution in [0.25, 0.3) is 0 Å². The quantitative estimate of drug-likeness (QED) is 0.692. The highest BCUT2D eigenvalue weighted by Gasteiger charge is 2.36. The van der Waals surface area contributed by atoms with E-state index in [1.807, 2.05) is 0 Å². The average molecular weight is 228 g/mol. The van der Waals surface area contributed by atoms with Crippen molar-refractivity contribution in [1.82, 2.24) is 4.90 Å². The first kappa shape index (κ1) is 13.5. The van der Waals surface area contributed by atoms with Gasteiger partial charge in [-0.1, -0.05) is 6.92 Å². The van der Waals surface area contributed by atoms with Crippen molar-refractivity contribution in [2.24, 2.45) is 5.73 Å². The van der Waals surface area contributed by atoms with Crippen LogP contribution in [0.5, 0.6) is 0 Å². The summed E-state index contributed by atoms with van der Waals surface area (Å²) in [5.74, 6) is -0.911. The van der Waals surface area contributed by atoms with E-state index in [2.05, 4.69) is 18.7 Å². The van der Waals surface area contributed by atoms with Crippen molar-refractivity contribution in [3.05, 3.63) is 0 Å². The number of nitrogens with zero attached hydrogens (tertiary/aromatic N) is 1. The summed E-state index contributed by atoms with van der Waals surface area (Å²) in [5.41, 5.74) is 4.68. The Morgan fingerprint density at radius 2 is 2.19 bits per heavy atom. The molecule has 0 spiro atoms. The zero-order valence-corrected chi connectivity index (χ0v) is 10.6. The van der Waals surface area contributed by atoms with E-state index in [-0.39, 0.29) is 6.04 Å². The van der Waals surface area contributed by atoms with Crippen LogP contribution in [-0.2, 0) is 4.79 Å². The second-order valence-electron chi connectivity index (χ2n) is 5.24. The van der Waals surface area contributed by atoms with Gasteiger partial charge in [0.2, 0.25) is 0 Å². The van der Waals surface area contributed by atoms with Gasteiger partial charge in [-0.05, 0) is 46.1 Å². The zero-order chi connectivity index (χ0) is 12.3. The van der Waals surface area contributed by atoms with Crippen LogP contribution < -0.4 is 5.73 Å². The maximum absolute atomic E-state index is 11.0. The van der Waals surface area contributed by atoms with Gasteiger partial charge < -0.3 is 10.8 Å². The fourth-order valence-corrected chi connectivity index (χ4v) is 2.25. The van der Waals surface area contributed by atoms with Gasteiger partial charge in [-0.15, -0.1) is 0 Å². The second kappa shape index (κ2) is 5.15. The molecular formula is C12H24N2O2. The summed E-state index contributed by atoms with van der Waals surface area (Å²) in [6.07, 6.45) is 4.12. The highest BCUT2D eigenvalue weighted by Crippen LogP contribution is 2.30. The Balaban J connectivity index is 2.54. The lowest BCUT2D eigenvalue weighted by Crippen LogP contribution is -2.50. The Morgan fingerprint density at radius 3 is 2.56 bits per heavy atom. The zero-order valence-electron chi connectivity index (χ0n) is 10.6. The van der Waals surface area contributed by atoms with Gasteiger partial charge in [-0.2, -0.15) is 0 Å². The van der Waals surface area contributed by atoms with Gasteiger partial charge in [0.05, 0.1) is 0 Å². The van der Waals surface area contributed by atoms with Gasteiger partial charge in [0.15, 0.2) is 0 Å². The maximum Gasteiger partial charge on any atom is 0.323 e. The van der Waals surface area contributed by atoms with Crippen LogP contribution in [-0.4, -0.2) is 40.1 Å². The van der Waals surface area contributed by atoms with Crippen molar-refractivity contribution in [2.75, 3.05) is 6.54 Å². The summed E-state index contributed by atoms with van der Waals surface area (Å²) in [5, 5.41) is 9.01.